The molecule has 4 rings (SSSR count). The van der Waals surface area contributed by atoms with Crippen molar-refractivity contribution in [1.29, 1.82) is 0 Å². The number of piperidine rings is 1. The van der Waals surface area contributed by atoms with Gasteiger partial charge in [0.05, 0.1) is 16.8 Å². The van der Waals surface area contributed by atoms with Crippen LogP contribution in [-0.4, -0.2) is 67.6 Å². The highest BCUT2D eigenvalue weighted by Gasteiger charge is 2.53. The van der Waals surface area contributed by atoms with Crippen LogP contribution >= 0.6 is 0 Å². The van der Waals surface area contributed by atoms with Crippen LogP contribution in [0.3, 0.4) is 0 Å². The van der Waals surface area contributed by atoms with Crippen molar-refractivity contribution in [3.63, 3.8) is 0 Å². The number of carbonyl (C=O) groups excluding carboxylic acids is 1. The molecular formula is C21H29N5O3. The van der Waals surface area contributed by atoms with E-state index in [2.05, 4.69) is 20.3 Å². The first-order chi connectivity index (χ1) is 13.9. The predicted molar refractivity (Wildman–Crippen MR) is 107 cm³/mol. The van der Waals surface area contributed by atoms with Gasteiger partial charge in [-0.05, 0) is 44.4 Å². The van der Waals surface area contributed by atoms with Gasteiger partial charge in [0.25, 0.3) is 5.91 Å². The number of aliphatic hydroxyl groups excluding tert-OH is 1. The van der Waals surface area contributed by atoms with Crippen molar-refractivity contribution in [2.75, 3.05) is 19.7 Å². The number of hydrogen-bond acceptors (Lipinski definition) is 6. The number of rotatable bonds is 4. The van der Waals surface area contributed by atoms with E-state index < -0.39 is 17.2 Å². The highest BCUT2D eigenvalue weighted by molar-refractivity contribution is 5.94. The number of nitrogens with one attached hydrogen (secondary N) is 1. The zero-order valence-electron chi connectivity index (χ0n) is 17.0. The van der Waals surface area contributed by atoms with E-state index in [0.717, 1.165) is 38.2 Å². The van der Waals surface area contributed by atoms with Crippen molar-refractivity contribution in [2.24, 2.45) is 7.05 Å². The average Bonchev–Trinajstić information content (AvgIpc) is 3.13. The van der Waals surface area contributed by atoms with Gasteiger partial charge in [0, 0.05) is 57.4 Å². The molecule has 0 bridgehead atoms. The molecule has 156 valence electrons. The van der Waals surface area contributed by atoms with Gasteiger partial charge in [0.15, 0.2) is 0 Å². The fourth-order valence-corrected chi connectivity index (χ4v) is 4.51. The summed E-state index contributed by atoms with van der Waals surface area (Å²) in [6.07, 6.45) is 6.39. The van der Waals surface area contributed by atoms with Crippen LogP contribution < -0.4 is 5.32 Å². The number of carbonyl (C=O) groups is 1. The Morgan fingerprint density at radius 3 is 2.66 bits per heavy atom. The Labute approximate surface area is 170 Å². The minimum atomic E-state index is -0.772. The lowest BCUT2D eigenvalue weighted by Gasteiger charge is -2.53. The zero-order valence-corrected chi connectivity index (χ0v) is 17.0. The van der Waals surface area contributed by atoms with E-state index in [-0.39, 0.29) is 5.91 Å². The number of aromatic nitrogens is 3. The first-order valence-electron chi connectivity index (χ1n) is 10.2. The molecule has 0 radical (unpaired) electrons. The molecule has 2 atom stereocenters. The van der Waals surface area contributed by atoms with Gasteiger partial charge >= 0.3 is 0 Å². The quantitative estimate of drug-likeness (QED) is 0.801. The monoisotopic (exact) mass is 399 g/mol. The van der Waals surface area contributed by atoms with Crippen LogP contribution in [0.15, 0.2) is 36.8 Å². The molecule has 2 N–H and O–H groups in total. The van der Waals surface area contributed by atoms with Crippen molar-refractivity contribution in [1.82, 2.24) is 25.0 Å². The van der Waals surface area contributed by atoms with Crippen molar-refractivity contribution < 1.29 is 14.6 Å². The molecule has 1 amide bonds. The Kier molecular flexibility index (Phi) is 5.42. The van der Waals surface area contributed by atoms with Crippen molar-refractivity contribution >= 4 is 5.91 Å². The van der Waals surface area contributed by atoms with Gasteiger partial charge in [-0.2, -0.15) is 5.10 Å². The Morgan fingerprint density at radius 1 is 1.28 bits per heavy atom. The van der Waals surface area contributed by atoms with Crippen LogP contribution in [-0.2, 0) is 18.3 Å². The van der Waals surface area contributed by atoms with Crippen LogP contribution in [0.25, 0.3) is 0 Å². The Bertz CT molecular complexity index is 847. The second kappa shape index (κ2) is 7.85. The normalized spacial score (nSPS) is 27.1. The van der Waals surface area contributed by atoms with Crippen LogP contribution in [0.1, 0.15) is 42.2 Å². The third kappa shape index (κ3) is 4.05. The molecule has 0 aliphatic carbocycles. The number of hydrogen-bond donors (Lipinski definition) is 2. The van der Waals surface area contributed by atoms with Crippen molar-refractivity contribution in [3.05, 3.63) is 48.0 Å². The lowest BCUT2D eigenvalue weighted by Crippen LogP contribution is -2.69. The van der Waals surface area contributed by atoms with Gasteiger partial charge in [-0.1, -0.05) is 0 Å². The summed E-state index contributed by atoms with van der Waals surface area (Å²) in [5, 5.41) is 18.8. The summed E-state index contributed by atoms with van der Waals surface area (Å²) < 4.78 is 7.96. The molecule has 0 aromatic carbocycles. The summed E-state index contributed by atoms with van der Waals surface area (Å²) in [6.45, 7) is 4.87. The maximum absolute atomic E-state index is 12.7. The molecule has 29 heavy (non-hydrogen) atoms. The molecule has 1 spiro atoms. The highest BCUT2D eigenvalue weighted by Crippen LogP contribution is 2.40. The SMILES string of the molecule is Cn1ccc(CN2CCC3(CC2)OCC[C@](C)(NC(=O)c2ccncc2)[C@H]3O)n1. The molecule has 2 aromatic heterocycles. The van der Waals surface area contributed by atoms with E-state index in [0.29, 0.717) is 18.6 Å². The van der Waals surface area contributed by atoms with Crippen LogP contribution in [0.5, 0.6) is 0 Å². The lowest BCUT2D eigenvalue weighted by atomic mass is 9.73. The number of pyridine rings is 1. The molecule has 8 heteroatoms. The zero-order chi connectivity index (χ0) is 20.5. The fourth-order valence-electron chi connectivity index (χ4n) is 4.51. The minimum absolute atomic E-state index is 0.196. The smallest absolute Gasteiger partial charge is 0.251 e. The largest absolute Gasteiger partial charge is 0.388 e. The Hall–Kier alpha value is -2.29. The summed E-state index contributed by atoms with van der Waals surface area (Å²) in [4.78, 5) is 19.0. The van der Waals surface area contributed by atoms with E-state index in [4.69, 9.17) is 4.74 Å². The van der Waals surface area contributed by atoms with E-state index in [1.54, 1.807) is 24.5 Å². The minimum Gasteiger partial charge on any atom is -0.388 e. The molecule has 0 saturated carbocycles. The average molecular weight is 399 g/mol. The molecule has 4 heterocycles. The van der Waals surface area contributed by atoms with Crippen molar-refractivity contribution in [3.8, 4) is 0 Å². The van der Waals surface area contributed by atoms with E-state index in [1.807, 2.05) is 30.9 Å². The van der Waals surface area contributed by atoms with Gasteiger partial charge < -0.3 is 15.2 Å². The highest BCUT2D eigenvalue weighted by atomic mass is 16.5. The summed E-state index contributed by atoms with van der Waals surface area (Å²) >= 11 is 0. The second-order valence-electron chi connectivity index (χ2n) is 8.43. The van der Waals surface area contributed by atoms with Crippen LogP contribution in [0.4, 0.5) is 0 Å². The maximum Gasteiger partial charge on any atom is 0.251 e. The van der Waals surface area contributed by atoms with Gasteiger partial charge in [0.1, 0.15) is 6.10 Å². The van der Waals surface area contributed by atoms with Crippen molar-refractivity contribution in [2.45, 2.75) is 50.0 Å². The number of likely N-dealkylation sites (tertiary alicyclic amines) is 1. The maximum atomic E-state index is 12.7. The molecular weight excluding hydrogens is 370 g/mol. The summed E-state index contributed by atoms with van der Waals surface area (Å²) in [7, 11) is 1.92. The van der Waals surface area contributed by atoms with Crippen LogP contribution in [0, 0.1) is 0 Å². The summed E-state index contributed by atoms with van der Waals surface area (Å²) in [5.41, 5.74) is 0.225. The number of amides is 1. The third-order valence-electron chi connectivity index (χ3n) is 6.31. The molecule has 2 aliphatic heterocycles. The molecule has 2 fully saturated rings. The van der Waals surface area contributed by atoms with E-state index in [9.17, 15) is 9.90 Å². The number of nitrogens with zero attached hydrogens (tertiary/aromatic N) is 4. The van der Waals surface area contributed by atoms with Crippen LogP contribution in [0.2, 0.25) is 0 Å². The number of aliphatic hydroxyl groups is 1. The summed E-state index contributed by atoms with van der Waals surface area (Å²) in [6, 6.07) is 5.38. The molecule has 0 unspecified atom stereocenters. The van der Waals surface area contributed by atoms with E-state index in [1.165, 1.54) is 0 Å². The fraction of sp³-hybridized carbons (Fsp3) is 0.571. The van der Waals surface area contributed by atoms with Gasteiger partial charge in [0.2, 0.25) is 0 Å². The van der Waals surface area contributed by atoms with Gasteiger partial charge in [-0.15, -0.1) is 0 Å². The first kappa shape index (κ1) is 20.0. The predicted octanol–water partition coefficient (Wildman–Crippen LogP) is 1.12. The summed E-state index contributed by atoms with van der Waals surface area (Å²) in [5.74, 6) is -0.196. The number of ether oxygens (including phenoxy) is 1. The standard InChI is InChI=1S/C21H29N5O3/c1-20(23-18(27)16-3-9-22-10-4-16)8-14-29-21(19(20)28)6-12-26(13-7-21)15-17-5-11-25(2)24-17/h3-5,9-11,19,28H,6-8,12-15H2,1-2H3,(H,23,27)/t19-,20+/m1/s1. The molecule has 2 aliphatic rings. The number of aryl methyl sites for hydroxylation is 1. The molecule has 2 saturated heterocycles. The Morgan fingerprint density at radius 2 is 2.00 bits per heavy atom. The topological polar surface area (TPSA) is 92.5 Å². The second-order valence-corrected chi connectivity index (χ2v) is 8.43. The lowest BCUT2D eigenvalue weighted by molar-refractivity contribution is -0.206. The first-order valence-corrected chi connectivity index (χ1v) is 10.2. The molecule has 2 aromatic rings. The third-order valence-corrected chi connectivity index (χ3v) is 6.31. The van der Waals surface area contributed by atoms with Gasteiger partial charge in [-0.3, -0.25) is 19.4 Å². The molecule has 8 nitrogen and oxygen atoms in total. The van der Waals surface area contributed by atoms with Gasteiger partial charge in [-0.25, -0.2) is 0 Å². The Balaban J connectivity index is 1.41. The van der Waals surface area contributed by atoms with E-state index >= 15 is 0 Å².